The lowest BCUT2D eigenvalue weighted by Crippen LogP contribution is -2.35. The fraction of sp³-hybridized carbons (Fsp3) is 0.567. The molecule has 2 aromatic rings. The van der Waals surface area contributed by atoms with Gasteiger partial charge >= 0.3 is 0 Å². The molecule has 4 rings (SSSR count). The van der Waals surface area contributed by atoms with E-state index in [9.17, 15) is 9.59 Å². The third kappa shape index (κ3) is 7.78. The van der Waals surface area contributed by atoms with Crippen molar-refractivity contribution in [2.45, 2.75) is 76.9 Å². The topological polar surface area (TPSA) is 72.0 Å². The Morgan fingerprint density at radius 2 is 1.70 bits per heavy atom. The number of nitrogens with zero attached hydrogens (tertiary/aromatic N) is 3. The summed E-state index contributed by atoms with van der Waals surface area (Å²) in [7, 11) is 0. The van der Waals surface area contributed by atoms with Crippen molar-refractivity contribution in [2.75, 3.05) is 32.8 Å². The largest absolute Gasteiger partial charge is 0.485 e. The number of pyridine rings is 1. The maximum Gasteiger partial charge on any atom is 0.257 e. The van der Waals surface area contributed by atoms with Crippen LogP contribution >= 0.6 is 0 Å². The molecule has 0 bridgehead atoms. The molecule has 1 aromatic heterocycles. The second-order valence-corrected chi connectivity index (χ2v) is 10.1. The monoisotopic (exact) mass is 507 g/mol. The summed E-state index contributed by atoms with van der Waals surface area (Å²) in [5.74, 6) is 0.703. The number of carbonyl (C=O) groups is 2. The highest BCUT2D eigenvalue weighted by molar-refractivity contribution is 5.97. The summed E-state index contributed by atoms with van der Waals surface area (Å²) in [5, 5.41) is 0. The Morgan fingerprint density at radius 1 is 0.973 bits per heavy atom. The molecule has 2 aliphatic rings. The van der Waals surface area contributed by atoms with Crippen LogP contribution in [0.5, 0.6) is 5.75 Å². The number of para-hydroxylation sites is 1. The van der Waals surface area contributed by atoms with E-state index in [1.54, 1.807) is 12.4 Å². The van der Waals surface area contributed by atoms with Gasteiger partial charge in [-0.15, -0.1) is 0 Å². The number of benzene rings is 1. The van der Waals surface area contributed by atoms with Crippen molar-refractivity contribution in [3.8, 4) is 5.75 Å². The van der Waals surface area contributed by atoms with Gasteiger partial charge in [-0.05, 0) is 62.4 Å². The number of likely N-dealkylation sites (tertiary alicyclic amines) is 1. The Balaban J connectivity index is 1.45. The molecule has 0 radical (unpaired) electrons. The van der Waals surface area contributed by atoms with Crippen molar-refractivity contribution in [3.05, 3.63) is 59.9 Å². The molecule has 2 amide bonds. The lowest BCUT2D eigenvalue weighted by molar-refractivity contribution is -0.130. The first kappa shape index (κ1) is 27.1. The molecule has 2 aliphatic heterocycles. The van der Waals surface area contributed by atoms with E-state index in [0.29, 0.717) is 44.0 Å². The standard InChI is InChI=1S/C30H41N3O4/c1-2-32-20-9-5-3-4-6-10-21-36-27-22-33(29(34)15-11-12-24-16-18-31-19-17-24)23-28(27)37-26-14-8-7-13-25(26)30(32)35/h7-8,13-14,16-19,27-28H,2-6,9-12,15,20-23H2,1H3/t27-,28-/m1/s1. The predicted octanol–water partition coefficient (Wildman–Crippen LogP) is 4.90. The van der Waals surface area contributed by atoms with Crippen LogP contribution in [-0.2, 0) is 16.0 Å². The molecule has 1 saturated heterocycles. The molecule has 2 atom stereocenters. The summed E-state index contributed by atoms with van der Waals surface area (Å²) in [4.78, 5) is 34.3. The van der Waals surface area contributed by atoms with Crippen molar-refractivity contribution in [1.29, 1.82) is 0 Å². The lowest BCUT2D eigenvalue weighted by atomic mass is 10.1. The molecule has 0 N–H and O–H groups in total. The van der Waals surface area contributed by atoms with Gasteiger partial charge in [0.25, 0.3) is 5.91 Å². The molecule has 0 unspecified atom stereocenters. The van der Waals surface area contributed by atoms with Gasteiger partial charge in [0.15, 0.2) is 0 Å². The van der Waals surface area contributed by atoms with E-state index in [1.165, 1.54) is 18.4 Å². The number of rotatable bonds is 5. The van der Waals surface area contributed by atoms with E-state index in [4.69, 9.17) is 9.47 Å². The molecule has 37 heavy (non-hydrogen) atoms. The molecule has 200 valence electrons. The number of fused-ring (bicyclic) bond motifs is 2. The van der Waals surface area contributed by atoms with Crippen LogP contribution < -0.4 is 4.74 Å². The van der Waals surface area contributed by atoms with Gasteiger partial charge in [0.1, 0.15) is 18.0 Å². The van der Waals surface area contributed by atoms with E-state index in [2.05, 4.69) is 4.98 Å². The second-order valence-electron chi connectivity index (χ2n) is 10.1. The number of aryl methyl sites for hydroxylation is 1. The maximum atomic E-state index is 13.4. The number of aromatic nitrogens is 1. The SMILES string of the molecule is CCN1CCCCCCCCO[C@@H]2CN(C(=O)CCCc3ccncc3)C[C@H]2Oc2ccccc2C1=O. The zero-order chi connectivity index (χ0) is 25.9. The quantitative estimate of drug-likeness (QED) is 0.576. The molecule has 3 heterocycles. The Labute approximate surface area is 221 Å². The van der Waals surface area contributed by atoms with Gasteiger partial charge in [-0.25, -0.2) is 0 Å². The van der Waals surface area contributed by atoms with Gasteiger partial charge in [0, 0.05) is 38.5 Å². The zero-order valence-electron chi connectivity index (χ0n) is 22.1. The zero-order valence-corrected chi connectivity index (χ0v) is 22.1. The molecular weight excluding hydrogens is 466 g/mol. The molecule has 7 nitrogen and oxygen atoms in total. The molecular formula is C30H41N3O4. The number of hydrogen-bond acceptors (Lipinski definition) is 5. The maximum absolute atomic E-state index is 13.4. The van der Waals surface area contributed by atoms with Crippen molar-refractivity contribution >= 4 is 11.8 Å². The highest BCUT2D eigenvalue weighted by Crippen LogP contribution is 2.27. The number of hydrogen-bond donors (Lipinski definition) is 0. The minimum atomic E-state index is -0.305. The van der Waals surface area contributed by atoms with Gasteiger partial charge in [-0.3, -0.25) is 14.6 Å². The average Bonchev–Trinajstić information content (AvgIpc) is 3.32. The molecule has 1 aromatic carbocycles. The van der Waals surface area contributed by atoms with E-state index in [0.717, 1.165) is 45.1 Å². The van der Waals surface area contributed by atoms with Crippen molar-refractivity contribution in [2.24, 2.45) is 0 Å². The molecule has 0 spiro atoms. The minimum absolute atomic E-state index is 0.00436. The van der Waals surface area contributed by atoms with Crippen molar-refractivity contribution in [3.63, 3.8) is 0 Å². The number of ether oxygens (including phenoxy) is 2. The molecule has 0 aliphatic carbocycles. The Kier molecular flexibility index (Phi) is 10.4. The summed E-state index contributed by atoms with van der Waals surface area (Å²) < 4.78 is 12.7. The fourth-order valence-electron chi connectivity index (χ4n) is 5.20. The normalized spacial score (nSPS) is 21.7. The molecule has 7 heteroatoms. The van der Waals surface area contributed by atoms with Crippen LogP contribution in [0.3, 0.4) is 0 Å². The van der Waals surface area contributed by atoms with Gasteiger partial charge < -0.3 is 19.3 Å². The first-order valence-corrected chi connectivity index (χ1v) is 14.0. The van der Waals surface area contributed by atoms with Gasteiger partial charge in [0.2, 0.25) is 5.91 Å². The molecule has 0 saturated carbocycles. The number of carbonyl (C=O) groups excluding carboxylic acids is 2. The first-order valence-electron chi connectivity index (χ1n) is 14.0. The number of amides is 2. The summed E-state index contributed by atoms with van der Waals surface area (Å²) in [6.07, 6.45) is 11.8. The Bertz CT molecular complexity index is 999. The van der Waals surface area contributed by atoms with Crippen LogP contribution in [0.1, 0.15) is 74.2 Å². The van der Waals surface area contributed by atoms with Crippen LogP contribution in [-0.4, -0.2) is 71.6 Å². The van der Waals surface area contributed by atoms with E-state index < -0.39 is 0 Å². The summed E-state index contributed by atoms with van der Waals surface area (Å²) in [5.41, 5.74) is 1.77. The summed E-state index contributed by atoms with van der Waals surface area (Å²) >= 11 is 0. The van der Waals surface area contributed by atoms with Gasteiger partial charge in [-0.2, -0.15) is 0 Å². The van der Waals surface area contributed by atoms with E-state index >= 15 is 0 Å². The van der Waals surface area contributed by atoms with Gasteiger partial charge in [-0.1, -0.05) is 37.8 Å². The van der Waals surface area contributed by atoms with Gasteiger partial charge in [0.05, 0.1) is 18.7 Å². The predicted molar refractivity (Wildman–Crippen MR) is 144 cm³/mol. The van der Waals surface area contributed by atoms with Crippen LogP contribution in [0.25, 0.3) is 0 Å². The smallest absolute Gasteiger partial charge is 0.257 e. The van der Waals surface area contributed by atoms with Crippen molar-refractivity contribution < 1.29 is 19.1 Å². The Hall–Kier alpha value is -2.93. The van der Waals surface area contributed by atoms with E-state index in [1.807, 2.05) is 53.1 Å². The summed E-state index contributed by atoms with van der Waals surface area (Å²) in [6.45, 7) is 5.12. The summed E-state index contributed by atoms with van der Waals surface area (Å²) in [6, 6.07) is 11.5. The minimum Gasteiger partial charge on any atom is -0.485 e. The molecule has 1 fully saturated rings. The second kappa shape index (κ2) is 14.1. The van der Waals surface area contributed by atoms with E-state index in [-0.39, 0.29) is 24.0 Å². The Morgan fingerprint density at radius 3 is 2.51 bits per heavy atom. The van der Waals surface area contributed by atoms with Crippen molar-refractivity contribution in [1.82, 2.24) is 14.8 Å². The first-order chi connectivity index (χ1) is 18.2. The van der Waals surface area contributed by atoms with Crippen LogP contribution in [0.15, 0.2) is 48.8 Å². The van der Waals surface area contributed by atoms with Crippen LogP contribution in [0.2, 0.25) is 0 Å². The third-order valence-corrected chi connectivity index (χ3v) is 7.39. The highest BCUT2D eigenvalue weighted by Gasteiger charge is 2.38. The fourth-order valence-corrected chi connectivity index (χ4v) is 5.20. The van der Waals surface area contributed by atoms with Crippen LogP contribution in [0.4, 0.5) is 0 Å². The average molecular weight is 508 g/mol. The third-order valence-electron chi connectivity index (χ3n) is 7.39. The van der Waals surface area contributed by atoms with Crippen LogP contribution in [0, 0.1) is 0 Å². The lowest BCUT2D eigenvalue weighted by Gasteiger charge is -2.25. The highest BCUT2D eigenvalue weighted by atomic mass is 16.5.